The van der Waals surface area contributed by atoms with Gasteiger partial charge in [-0.05, 0) is 38.1 Å². The lowest BCUT2D eigenvalue weighted by molar-refractivity contribution is 0.0814. The number of hydrogen-bond donors (Lipinski definition) is 1. The molecule has 2 rings (SSSR count). The maximum Gasteiger partial charge on any atom is 0.123 e. The molecule has 0 radical (unpaired) electrons. The Morgan fingerprint density at radius 3 is 2.89 bits per heavy atom. The lowest BCUT2D eigenvalue weighted by Gasteiger charge is -2.27. The number of halogens is 1. The van der Waals surface area contributed by atoms with Crippen molar-refractivity contribution in [3.05, 3.63) is 35.1 Å². The Kier molecular flexibility index (Phi) is 4.50. The number of likely N-dealkylation sites (N-methyl/N-ethyl adjacent to an activating group) is 1. The van der Waals surface area contributed by atoms with Gasteiger partial charge in [0.1, 0.15) is 10.8 Å². The molecule has 2 unspecified atom stereocenters. The van der Waals surface area contributed by atoms with E-state index in [-0.39, 0.29) is 16.9 Å². The monoisotopic (exact) mass is 282 g/mol. The Hall–Kier alpha value is -1.04. The van der Waals surface area contributed by atoms with Crippen LogP contribution in [0.5, 0.6) is 0 Å². The zero-order chi connectivity index (χ0) is 14.0. The van der Waals surface area contributed by atoms with Crippen molar-refractivity contribution in [3.8, 4) is 0 Å². The van der Waals surface area contributed by atoms with Crippen LogP contribution >= 0.6 is 12.2 Å². The minimum atomic E-state index is -0.313. The molecule has 1 aromatic rings. The smallest absolute Gasteiger partial charge is 0.123 e. The summed E-state index contributed by atoms with van der Waals surface area (Å²) in [5.41, 5.74) is 7.23. The first-order valence-electron chi connectivity index (χ1n) is 6.39. The van der Waals surface area contributed by atoms with E-state index in [1.807, 2.05) is 7.05 Å². The quantitative estimate of drug-likeness (QED) is 0.858. The van der Waals surface area contributed by atoms with Crippen molar-refractivity contribution in [1.29, 1.82) is 0 Å². The van der Waals surface area contributed by atoms with Gasteiger partial charge in [-0.2, -0.15) is 0 Å². The second kappa shape index (κ2) is 5.94. The van der Waals surface area contributed by atoms with Crippen molar-refractivity contribution >= 4 is 17.2 Å². The molecule has 0 spiro atoms. The summed E-state index contributed by atoms with van der Waals surface area (Å²) in [4.78, 5) is 2.45. The number of thiocarbonyl (C=S) groups is 1. The third kappa shape index (κ3) is 3.29. The predicted molar refractivity (Wildman–Crippen MR) is 77.6 cm³/mol. The summed E-state index contributed by atoms with van der Waals surface area (Å²) in [5, 5.41) is 0. The van der Waals surface area contributed by atoms with Crippen LogP contribution in [0.4, 0.5) is 4.39 Å². The summed E-state index contributed by atoms with van der Waals surface area (Å²) in [5.74, 6) is -0.313. The fourth-order valence-corrected chi connectivity index (χ4v) is 2.79. The summed E-state index contributed by atoms with van der Waals surface area (Å²) >= 11 is 4.99. The van der Waals surface area contributed by atoms with Crippen LogP contribution in [0.1, 0.15) is 24.5 Å². The third-order valence-electron chi connectivity index (χ3n) is 3.66. The van der Waals surface area contributed by atoms with Gasteiger partial charge in [-0.25, -0.2) is 4.39 Å². The van der Waals surface area contributed by atoms with Crippen molar-refractivity contribution in [2.45, 2.75) is 32.0 Å². The van der Waals surface area contributed by atoms with E-state index in [2.05, 4.69) is 11.8 Å². The van der Waals surface area contributed by atoms with Crippen molar-refractivity contribution in [2.75, 3.05) is 13.7 Å². The summed E-state index contributed by atoms with van der Waals surface area (Å²) in [6.07, 6.45) is 1.24. The van der Waals surface area contributed by atoms with Crippen molar-refractivity contribution in [3.63, 3.8) is 0 Å². The zero-order valence-electron chi connectivity index (χ0n) is 11.2. The van der Waals surface area contributed by atoms with Crippen LogP contribution < -0.4 is 5.73 Å². The normalized spacial score (nSPS) is 22.9. The molecule has 1 aliphatic heterocycles. The highest BCUT2D eigenvalue weighted by Crippen LogP contribution is 2.21. The van der Waals surface area contributed by atoms with E-state index in [0.717, 1.165) is 18.6 Å². The minimum absolute atomic E-state index is 0.221. The summed E-state index contributed by atoms with van der Waals surface area (Å²) in [6.45, 7) is 3.56. The molecule has 1 aromatic carbocycles. The first-order chi connectivity index (χ1) is 8.99. The van der Waals surface area contributed by atoms with Crippen LogP contribution in [0.3, 0.4) is 0 Å². The fourth-order valence-electron chi connectivity index (χ4n) is 2.60. The SMILES string of the molecule is CC1OCCC1N(C)Cc1ccc(F)cc1C(N)=S. The number of benzene rings is 1. The van der Waals surface area contributed by atoms with Gasteiger partial charge >= 0.3 is 0 Å². The molecule has 5 heteroatoms. The van der Waals surface area contributed by atoms with Gasteiger partial charge in [0.05, 0.1) is 6.10 Å². The van der Waals surface area contributed by atoms with E-state index in [4.69, 9.17) is 22.7 Å². The largest absolute Gasteiger partial charge is 0.389 e. The van der Waals surface area contributed by atoms with E-state index in [1.54, 1.807) is 6.07 Å². The van der Waals surface area contributed by atoms with Gasteiger partial charge in [-0.15, -0.1) is 0 Å². The van der Waals surface area contributed by atoms with Crippen LogP contribution in [-0.4, -0.2) is 35.7 Å². The van der Waals surface area contributed by atoms with E-state index in [1.165, 1.54) is 12.1 Å². The molecule has 19 heavy (non-hydrogen) atoms. The van der Waals surface area contributed by atoms with Crippen molar-refractivity contribution < 1.29 is 9.13 Å². The Morgan fingerprint density at radius 2 is 2.32 bits per heavy atom. The molecule has 0 saturated carbocycles. The van der Waals surface area contributed by atoms with Gasteiger partial charge in [-0.3, -0.25) is 4.90 Å². The molecule has 1 aliphatic rings. The molecule has 2 N–H and O–H groups in total. The van der Waals surface area contributed by atoms with Gasteiger partial charge in [0.15, 0.2) is 0 Å². The van der Waals surface area contributed by atoms with Gasteiger partial charge in [0.2, 0.25) is 0 Å². The predicted octanol–water partition coefficient (Wildman–Crippen LogP) is 2.07. The van der Waals surface area contributed by atoms with E-state index in [9.17, 15) is 4.39 Å². The van der Waals surface area contributed by atoms with Crippen molar-refractivity contribution in [2.24, 2.45) is 5.73 Å². The van der Waals surface area contributed by atoms with Gasteiger partial charge in [0, 0.05) is 24.8 Å². The van der Waals surface area contributed by atoms with Gasteiger partial charge < -0.3 is 10.5 Å². The van der Waals surface area contributed by atoms with E-state index >= 15 is 0 Å². The number of hydrogen-bond acceptors (Lipinski definition) is 3. The minimum Gasteiger partial charge on any atom is -0.389 e. The first-order valence-corrected chi connectivity index (χ1v) is 6.80. The zero-order valence-corrected chi connectivity index (χ0v) is 12.0. The molecule has 1 heterocycles. The van der Waals surface area contributed by atoms with E-state index < -0.39 is 0 Å². The Morgan fingerprint density at radius 1 is 1.58 bits per heavy atom. The molecular formula is C14H19FN2OS. The Labute approximate surface area is 118 Å². The number of nitrogens with zero attached hydrogens (tertiary/aromatic N) is 1. The molecule has 0 bridgehead atoms. The molecule has 1 saturated heterocycles. The van der Waals surface area contributed by atoms with Gasteiger partial charge in [-0.1, -0.05) is 18.3 Å². The standard InChI is InChI=1S/C14H19FN2OS/c1-9-13(5-6-18-9)17(2)8-10-3-4-11(15)7-12(10)14(16)19/h3-4,7,9,13H,5-6,8H2,1-2H3,(H2,16,19). The topological polar surface area (TPSA) is 38.5 Å². The van der Waals surface area contributed by atoms with Gasteiger partial charge in [0.25, 0.3) is 0 Å². The maximum absolute atomic E-state index is 13.3. The van der Waals surface area contributed by atoms with Crippen LogP contribution in [0.15, 0.2) is 18.2 Å². The molecular weight excluding hydrogens is 263 g/mol. The average molecular weight is 282 g/mol. The summed E-state index contributed by atoms with van der Waals surface area (Å²) in [6, 6.07) is 4.98. The van der Waals surface area contributed by atoms with Crippen LogP contribution in [0, 0.1) is 5.82 Å². The molecule has 2 atom stereocenters. The van der Waals surface area contributed by atoms with Crippen LogP contribution in [-0.2, 0) is 11.3 Å². The first kappa shape index (κ1) is 14.4. The number of nitrogens with two attached hydrogens (primary N) is 1. The highest BCUT2D eigenvalue weighted by Gasteiger charge is 2.28. The second-order valence-corrected chi connectivity index (χ2v) is 5.45. The highest BCUT2D eigenvalue weighted by atomic mass is 32.1. The van der Waals surface area contributed by atoms with Crippen molar-refractivity contribution in [1.82, 2.24) is 4.90 Å². The third-order valence-corrected chi connectivity index (χ3v) is 3.88. The maximum atomic E-state index is 13.3. The summed E-state index contributed by atoms with van der Waals surface area (Å²) < 4.78 is 18.8. The lowest BCUT2D eigenvalue weighted by Crippen LogP contribution is -2.36. The highest BCUT2D eigenvalue weighted by molar-refractivity contribution is 7.80. The number of ether oxygens (including phenoxy) is 1. The Balaban J connectivity index is 2.16. The molecule has 0 aliphatic carbocycles. The molecule has 3 nitrogen and oxygen atoms in total. The molecule has 0 aromatic heterocycles. The van der Waals surface area contributed by atoms with E-state index in [0.29, 0.717) is 18.2 Å². The number of rotatable bonds is 4. The van der Waals surface area contributed by atoms with Crippen LogP contribution in [0.25, 0.3) is 0 Å². The fraction of sp³-hybridized carbons (Fsp3) is 0.500. The lowest BCUT2D eigenvalue weighted by atomic mass is 10.0. The molecule has 104 valence electrons. The Bertz CT molecular complexity index is 481. The molecule has 0 amide bonds. The average Bonchev–Trinajstić information content (AvgIpc) is 2.77. The summed E-state index contributed by atoms with van der Waals surface area (Å²) in [7, 11) is 2.04. The molecule has 1 fully saturated rings. The second-order valence-electron chi connectivity index (χ2n) is 5.01. The van der Waals surface area contributed by atoms with Crippen LogP contribution in [0.2, 0.25) is 0 Å².